The van der Waals surface area contributed by atoms with E-state index in [-0.39, 0.29) is 0 Å². The molecular formula is C13H19BrO. The van der Waals surface area contributed by atoms with Crippen molar-refractivity contribution in [1.29, 1.82) is 0 Å². The van der Waals surface area contributed by atoms with Crippen molar-refractivity contribution in [1.82, 2.24) is 0 Å². The van der Waals surface area contributed by atoms with Gasteiger partial charge in [-0.3, -0.25) is 0 Å². The van der Waals surface area contributed by atoms with E-state index in [0.717, 1.165) is 12.2 Å². The average Bonchev–Trinajstić information content (AvgIpc) is 2.27. The Balaban J connectivity index is 3.05. The minimum atomic E-state index is 0.477. The summed E-state index contributed by atoms with van der Waals surface area (Å²) in [4.78, 5) is 0.508. The molecule has 2 heteroatoms. The molecular weight excluding hydrogens is 252 g/mol. The zero-order valence-corrected chi connectivity index (χ0v) is 11.5. The van der Waals surface area contributed by atoms with Crippen molar-refractivity contribution in [3.63, 3.8) is 0 Å². The van der Waals surface area contributed by atoms with E-state index in [1.807, 2.05) is 0 Å². The first-order chi connectivity index (χ1) is 7.10. The molecule has 0 N–H and O–H groups in total. The molecule has 1 nitrogen and oxygen atoms in total. The Labute approximate surface area is 101 Å². The van der Waals surface area contributed by atoms with E-state index in [4.69, 9.17) is 4.74 Å². The Kier molecular flexibility index (Phi) is 4.65. The van der Waals surface area contributed by atoms with Crippen LogP contribution in [0.3, 0.4) is 0 Å². The first-order valence-electron chi connectivity index (χ1n) is 5.38. The van der Waals surface area contributed by atoms with Crippen LogP contribution in [0.25, 0.3) is 0 Å². The lowest BCUT2D eigenvalue weighted by Gasteiger charge is -2.20. The molecule has 1 aromatic rings. The van der Waals surface area contributed by atoms with Crippen LogP contribution in [0.1, 0.15) is 37.3 Å². The van der Waals surface area contributed by atoms with E-state index < -0.39 is 0 Å². The number of hydrogen-bond donors (Lipinski definition) is 0. The second-order valence-corrected chi connectivity index (χ2v) is 5.13. The molecule has 0 aliphatic rings. The maximum atomic E-state index is 5.40. The van der Waals surface area contributed by atoms with E-state index in [9.17, 15) is 0 Å². The fourth-order valence-corrected chi connectivity index (χ4v) is 2.04. The predicted octanol–water partition coefficient (Wildman–Crippen LogP) is 4.28. The maximum Gasteiger partial charge on any atom is 0.122 e. The van der Waals surface area contributed by atoms with Crippen molar-refractivity contribution in [3.05, 3.63) is 29.3 Å². The first-order valence-corrected chi connectivity index (χ1v) is 6.30. The number of methoxy groups -OCH3 is 1. The van der Waals surface area contributed by atoms with Crippen LogP contribution in [0.2, 0.25) is 0 Å². The van der Waals surface area contributed by atoms with Crippen LogP contribution in [0, 0.1) is 6.92 Å². The Hall–Kier alpha value is -0.500. The molecule has 0 fully saturated rings. The van der Waals surface area contributed by atoms with Crippen molar-refractivity contribution in [2.24, 2.45) is 0 Å². The predicted molar refractivity (Wildman–Crippen MR) is 69.2 cm³/mol. The first kappa shape index (κ1) is 12.6. The summed E-state index contributed by atoms with van der Waals surface area (Å²) in [6.45, 7) is 6.54. The van der Waals surface area contributed by atoms with Crippen molar-refractivity contribution in [3.8, 4) is 5.75 Å². The maximum absolute atomic E-state index is 5.40. The van der Waals surface area contributed by atoms with Gasteiger partial charge in [-0.1, -0.05) is 47.5 Å². The van der Waals surface area contributed by atoms with Gasteiger partial charge >= 0.3 is 0 Å². The normalized spacial score (nSPS) is 14.7. The summed E-state index contributed by atoms with van der Waals surface area (Å²) in [6.07, 6.45) is 1.12. The average molecular weight is 271 g/mol. The zero-order chi connectivity index (χ0) is 11.4. The van der Waals surface area contributed by atoms with Gasteiger partial charge in [0, 0.05) is 4.83 Å². The van der Waals surface area contributed by atoms with E-state index in [1.165, 1.54) is 11.1 Å². The number of aryl methyl sites for hydroxylation is 1. The summed E-state index contributed by atoms with van der Waals surface area (Å²) in [6, 6.07) is 6.36. The Morgan fingerprint density at radius 2 is 2.07 bits per heavy atom. The van der Waals surface area contributed by atoms with Gasteiger partial charge in [0.15, 0.2) is 0 Å². The largest absolute Gasteiger partial charge is 0.496 e. The third kappa shape index (κ3) is 2.97. The summed E-state index contributed by atoms with van der Waals surface area (Å²) in [5.74, 6) is 1.47. The van der Waals surface area contributed by atoms with Crippen molar-refractivity contribution in [2.45, 2.75) is 37.9 Å². The molecule has 0 bridgehead atoms. The van der Waals surface area contributed by atoms with Crippen molar-refractivity contribution < 1.29 is 4.74 Å². The second-order valence-electron chi connectivity index (χ2n) is 3.96. The molecule has 0 radical (unpaired) electrons. The van der Waals surface area contributed by atoms with Crippen LogP contribution in [-0.2, 0) is 0 Å². The molecule has 15 heavy (non-hydrogen) atoms. The molecule has 0 amide bonds. The molecule has 2 unspecified atom stereocenters. The molecule has 1 aromatic carbocycles. The lowest BCUT2D eigenvalue weighted by molar-refractivity contribution is 0.405. The highest BCUT2D eigenvalue weighted by atomic mass is 79.9. The number of benzene rings is 1. The van der Waals surface area contributed by atoms with Crippen LogP contribution in [0.4, 0.5) is 0 Å². The number of rotatable bonds is 4. The van der Waals surface area contributed by atoms with Gasteiger partial charge in [0.1, 0.15) is 5.75 Å². The Morgan fingerprint density at radius 3 is 2.60 bits per heavy atom. The molecule has 0 saturated heterocycles. The van der Waals surface area contributed by atoms with Crippen molar-refractivity contribution in [2.75, 3.05) is 7.11 Å². The molecule has 0 spiro atoms. The number of hydrogen-bond acceptors (Lipinski definition) is 1. The second kappa shape index (κ2) is 5.55. The third-order valence-electron chi connectivity index (χ3n) is 2.81. The van der Waals surface area contributed by atoms with Crippen LogP contribution in [0.15, 0.2) is 18.2 Å². The summed E-state index contributed by atoms with van der Waals surface area (Å²) in [5.41, 5.74) is 2.58. The number of halogens is 1. The van der Waals surface area contributed by atoms with Gasteiger partial charge in [-0.25, -0.2) is 0 Å². The zero-order valence-electron chi connectivity index (χ0n) is 9.88. The Bertz CT molecular complexity index is 322. The van der Waals surface area contributed by atoms with Gasteiger partial charge in [0.05, 0.1) is 7.11 Å². The molecule has 0 heterocycles. The van der Waals surface area contributed by atoms with E-state index in [0.29, 0.717) is 10.7 Å². The van der Waals surface area contributed by atoms with Gasteiger partial charge in [0.25, 0.3) is 0 Å². The lowest BCUT2D eigenvalue weighted by Crippen LogP contribution is -2.09. The third-order valence-corrected chi connectivity index (χ3v) is 4.25. The van der Waals surface area contributed by atoms with Crippen LogP contribution in [0.5, 0.6) is 5.75 Å². The fraction of sp³-hybridized carbons (Fsp3) is 0.538. The molecule has 0 aliphatic carbocycles. The summed E-state index contributed by atoms with van der Waals surface area (Å²) < 4.78 is 5.40. The summed E-state index contributed by atoms with van der Waals surface area (Å²) >= 11 is 3.71. The molecule has 84 valence electrons. The quantitative estimate of drug-likeness (QED) is 0.743. The minimum absolute atomic E-state index is 0.477. The Morgan fingerprint density at radius 1 is 1.40 bits per heavy atom. The topological polar surface area (TPSA) is 9.23 Å². The number of ether oxygens (including phenoxy) is 1. The van der Waals surface area contributed by atoms with Gasteiger partial charge in [-0.05, 0) is 30.9 Å². The molecule has 0 aromatic heterocycles. The molecule has 1 rings (SSSR count). The van der Waals surface area contributed by atoms with Crippen LogP contribution in [-0.4, -0.2) is 11.9 Å². The van der Waals surface area contributed by atoms with Crippen LogP contribution < -0.4 is 4.74 Å². The molecule has 0 saturated carbocycles. The lowest BCUT2D eigenvalue weighted by atomic mass is 9.94. The van der Waals surface area contributed by atoms with E-state index in [2.05, 4.69) is 54.9 Å². The summed E-state index contributed by atoms with van der Waals surface area (Å²) in [7, 11) is 1.73. The van der Waals surface area contributed by atoms with Gasteiger partial charge in [0.2, 0.25) is 0 Å². The molecule has 2 atom stereocenters. The van der Waals surface area contributed by atoms with Gasteiger partial charge in [-0.15, -0.1) is 0 Å². The highest BCUT2D eigenvalue weighted by Gasteiger charge is 2.17. The SMILES string of the molecule is CCC(Br)C(C)c1cc(C)ccc1OC. The monoisotopic (exact) mass is 270 g/mol. The highest BCUT2D eigenvalue weighted by molar-refractivity contribution is 9.09. The van der Waals surface area contributed by atoms with E-state index in [1.54, 1.807) is 7.11 Å². The summed E-state index contributed by atoms with van der Waals surface area (Å²) in [5, 5.41) is 0. The smallest absolute Gasteiger partial charge is 0.122 e. The van der Waals surface area contributed by atoms with Crippen molar-refractivity contribution >= 4 is 15.9 Å². The standard InChI is InChI=1S/C13H19BrO/c1-5-12(14)10(3)11-8-9(2)6-7-13(11)15-4/h6-8,10,12H,5H2,1-4H3. The fourth-order valence-electron chi connectivity index (χ4n) is 1.76. The number of alkyl halides is 1. The van der Waals surface area contributed by atoms with Crippen LogP contribution >= 0.6 is 15.9 Å². The highest BCUT2D eigenvalue weighted by Crippen LogP contribution is 2.33. The van der Waals surface area contributed by atoms with E-state index >= 15 is 0 Å². The van der Waals surface area contributed by atoms with Gasteiger partial charge < -0.3 is 4.74 Å². The van der Waals surface area contributed by atoms with Gasteiger partial charge in [-0.2, -0.15) is 0 Å². The molecule has 0 aliphatic heterocycles. The minimum Gasteiger partial charge on any atom is -0.496 e.